The molecule has 0 heterocycles. The number of ether oxygens (including phenoxy) is 1. The summed E-state index contributed by atoms with van der Waals surface area (Å²) in [5, 5.41) is 0. The molecule has 1 unspecified atom stereocenters. The van der Waals surface area contributed by atoms with E-state index < -0.39 is 17.7 Å². The van der Waals surface area contributed by atoms with Crippen LogP contribution in [0.3, 0.4) is 0 Å². The van der Waals surface area contributed by atoms with Crippen LogP contribution in [0, 0.1) is 11.6 Å². The summed E-state index contributed by atoms with van der Waals surface area (Å²) in [4.78, 5) is 0. The normalized spacial score (nSPS) is 15.9. The number of nitrogens with two attached hydrogens (primary N) is 1. The Labute approximate surface area is 116 Å². The van der Waals surface area contributed by atoms with E-state index in [9.17, 15) is 8.78 Å². The summed E-state index contributed by atoms with van der Waals surface area (Å²) in [5.74, 6) is -0.936. The molecule has 1 fully saturated rings. The highest BCUT2D eigenvalue weighted by atomic mass is 19.2. The van der Waals surface area contributed by atoms with Crippen LogP contribution in [0.1, 0.15) is 30.0 Å². The third kappa shape index (κ3) is 2.80. The third-order valence-corrected chi connectivity index (χ3v) is 3.37. The molecule has 1 atom stereocenters. The van der Waals surface area contributed by atoms with Crippen molar-refractivity contribution in [1.82, 2.24) is 0 Å². The summed E-state index contributed by atoms with van der Waals surface area (Å²) < 4.78 is 31.8. The second-order valence-electron chi connectivity index (χ2n) is 5.04. The number of benzene rings is 2. The fourth-order valence-electron chi connectivity index (χ4n) is 2.03. The first-order valence-corrected chi connectivity index (χ1v) is 6.60. The molecule has 0 aliphatic heterocycles. The Morgan fingerprint density at radius 3 is 2.20 bits per heavy atom. The smallest absolute Gasteiger partial charge is 0.159 e. The van der Waals surface area contributed by atoms with Crippen LogP contribution < -0.4 is 10.5 Å². The van der Waals surface area contributed by atoms with Gasteiger partial charge in [0.2, 0.25) is 0 Å². The summed E-state index contributed by atoms with van der Waals surface area (Å²) in [7, 11) is 0. The first-order valence-electron chi connectivity index (χ1n) is 6.60. The topological polar surface area (TPSA) is 35.2 Å². The summed E-state index contributed by atoms with van der Waals surface area (Å²) in [6.45, 7) is 0. The monoisotopic (exact) mass is 275 g/mol. The maximum atomic E-state index is 13.2. The second-order valence-corrected chi connectivity index (χ2v) is 5.04. The second kappa shape index (κ2) is 5.21. The predicted octanol–water partition coefficient (Wildman–Crippen LogP) is 3.55. The van der Waals surface area contributed by atoms with Crippen molar-refractivity contribution >= 4 is 0 Å². The van der Waals surface area contributed by atoms with Crippen molar-refractivity contribution < 1.29 is 13.5 Å². The van der Waals surface area contributed by atoms with E-state index in [1.807, 2.05) is 24.3 Å². The molecule has 0 bridgehead atoms. The molecule has 0 radical (unpaired) electrons. The van der Waals surface area contributed by atoms with Gasteiger partial charge in [-0.1, -0.05) is 18.2 Å². The van der Waals surface area contributed by atoms with Gasteiger partial charge in [-0.15, -0.1) is 0 Å². The van der Waals surface area contributed by atoms with Gasteiger partial charge in [0.15, 0.2) is 11.6 Å². The zero-order valence-electron chi connectivity index (χ0n) is 10.9. The van der Waals surface area contributed by atoms with Gasteiger partial charge in [-0.3, -0.25) is 0 Å². The molecule has 1 aliphatic rings. The van der Waals surface area contributed by atoms with Crippen molar-refractivity contribution in [3.8, 4) is 5.75 Å². The van der Waals surface area contributed by atoms with Crippen LogP contribution in [0.15, 0.2) is 42.5 Å². The molecule has 1 saturated carbocycles. The SMILES string of the molecule is NC(c1ccc(OC2CC2)cc1)c1ccc(F)c(F)c1. The van der Waals surface area contributed by atoms with Crippen molar-refractivity contribution in [2.45, 2.75) is 25.0 Å². The summed E-state index contributed by atoms with van der Waals surface area (Å²) in [5.41, 5.74) is 7.44. The highest BCUT2D eigenvalue weighted by molar-refractivity contribution is 5.35. The third-order valence-electron chi connectivity index (χ3n) is 3.37. The molecule has 2 N–H and O–H groups in total. The Bertz CT molecular complexity index is 608. The number of hydrogen-bond donors (Lipinski definition) is 1. The Morgan fingerprint density at radius 2 is 1.60 bits per heavy atom. The Kier molecular flexibility index (Phi) is 3.40. The molecular formula is C16H15F2NO. The van der Waals surface area contributed by atoms with E-state index in [0.29, 0.717) is 11.7 Å². The van der Waals surface area contributed by atoms with Gasteiger partial charge in [-0.2, -0.15) is 0 Å². The average molecular weight is 275 g/mol. The molecular weight excluding hydrogens is 260 g/mol. The van der Waals surface area contributed by atoms with Gasteiger partial charge in [-0.05, 0) is 48.2 Å². The fourth-order valence-corrected chi connectivity index (χ4v) is 2.03. The van der Waals surface area contributed by atoms with E-state index in [2.05, 4.69) is 0 Å². The van der Waals surface area contributed by atoms with Crippen LogP contribution in [-0.2, 0) is 0 Å². The van der Waals surface area contributed by atoms with Gasteiger partial charge in [0, 0.05) is 0 Å². The molecule has 0 saturated heterocycles. The van der Waals surface area contributed by atoms with Crippen LogP contribution in [-0.4, -0.2) is 6.10 Å². The quantitative estimate of drug-likeness (QED) is 0.926. The lowest BCUT2D eigenvalue weighted by Crippen LogP contribution is -2.12. The van der Waals surface area contributed by atoms with E-state index in [0.717, 1.165) is 36.3 Å². The standard InChI is InChI=1S/C16H15F2NO/c17-14-8-3-11(9-15(14)18)16(19)10-1-4-12(5-2-10)20-13-6-7-13/h1-5,8-9,13,16H,6-7,19H2. The molecule has 104 valence electrons. The van der Waals surface area contributed by atoms with Crippen LogP contribution in [0.4, 0.5) is 8.78 Å². The van der Waals surface area contributed by atoms with Gasteiger partial charge in [0.05, 0.1) is 12.1 Å². The lowest BCUT2D eigenvalue weighted by atomic mass is 9.99. The highest BCUT2D eigenvalue weighted by Crippen LogP contribution is 2.28. The van der Waals surface area contributed by atoms with Gasteiger partial charge < -0.3 is 10.5 Å². The molecule has 20 heavy (non-hydrogen) atoms. The summed E-state index contributed by atoms with van der Waals surface area (Å²) >= 11 is 0. The first kappa shape index (κ1) is 13.1. The molecule has 2 aromatic rings. The van der Waals surface area contributed by atoms with Crippen molar-refractivity contribution in [2.75, 3.05) is 0 Å². The molecule has 3 rings (SSSR count). The number of rotatable bonds is 4. The maximum absolute atomic E-state index is 13.2. The van der Waals surface area contributed by atoms with Crippen LogP contribution >= 0.6 is 0 Å². The number of halogens is 2. The van der Waals surface area contributed by atoms with Gasteiger partial charge in [-0.25, -0.2) is 8.78 Å². The van der Waals surface area contributed by atoms with Gasteiger partial charge in [0.25, 0.3) is 0 Å². The fraction of sp³-hybridized carbons (Fsp3) is 0.250. The number of hydrogen-bond acceptors (Lipinski definition) is 2. The molecule has 1 aliphatic carbocycles. The molecule has 2 nitrogen and oxygen atoms in total. The Hall–Kier alpha value is -1.94. The largest absolute Gasteiger partial charge is 0.490 e. The van der Waals surface area contributed by atoms with E-state index in [1.54, 1.807) is 0 Å². The van der Waals surface area contributed by atoms with Gasteiger partial charge >= 0.3 is 0 Å². The van der Waals surface area contributed by atoms with Crippen LogP contribution in [0.5, 0.6) is 5.75 Å². The zero-order chi connectivity index (χ0) is 14.1. The average Bonchev–Trinajstić information content (AvgIpc) is 3.26. The predicted molar refractivity (Wildman–Crippen MR) is 72.5 cm³/mol. The van der Waals surface area contributed by atoms with E-state index in [-0.39, 0.29) is 0 Å². The molecule has 0 amide bonds. The van der Waals surface area contributed by atoms with Crippen molar-refractivity contribution in [1.29, 1.82) is 0 Å². The van der Waals surface area contributed by atoms with E-state index >= 15 is 0 Å². The van der Waals surface area contributed by atoms with Crippen LogP contribution in [0.2, 0.25) is 0 Å². The minimum Gasteiger partial charge on any atom is -0.490 e. The Morgan fingerprint density at radius 1 is 0.950 bits per heavy atom. The maximum Gasteiger partial charge on any atom is 0.159 e. The minimum atomic E-state index is -0.883. The minimum absolute atomic E-state index is 0.348. The molecule has 0 aromatic heterocycles. The van der Waals surface area contributed by atoms with Gasteiger partial charge in [0.1, 0.15) is 5.75 Å². The van der Waals surface area contributed by atoms with Crippen molar-refractivity contribution in [2.24, 2.45) is 5.73 Å². The van der Waals surface area contributed by atoms with Crippen LogP contribution in [0.25, 0.3) is 0 Å². The van der Waals surface area contributed by atoms with Crippen molar-refractivity contribution in [3.05, 3.63) is 65.2 Å². The zero-order valence-corrected chi connectivity index (χ0v) is 10.9. The lowest BCUT2D eigenvalue weighted by molar-refractivity contribution is 0.303. The molecule has 2 aromatic carbocycles. The van der Waals surface area contributed by atoms with Crippen molar-refractivity contribution in [3.63, 3.8) is 0 Å². The highest BCUT2D eigenvalue weighted by Gasteiger charge is 2.23. The summed E-state index contributed by atoms with van der Waals surface area (Å²) in [6.07, 6.45) is 2.56. The molecule has 0 spiro atoms. The first-order chi connectivity index (χ1) is 9.63. The summed E-state index contributed by atoms with van der Waals surface area (Å²) in [6, 6.07) is 10.6. The van der Waals surface area contributed by atoms with E-state index in [1.165, 1.54) is 6.07 Å². The van der Waals surface area contributed by atoms with E-state index in [4.69, 9.17) is 10.5 Å². The molecule has 4 heteroatoms. The Balaban J connectivity index is 1.78. The lowest BCUT2D eigenvalue weighted by Gasteiger charge is -2.13.